The molecular weight excluding hydrogens is 276 g/mol. The van der Waals surface area contributed by atoms with Crippen LogP contribution in [0.2, 0.25) is 0 Å². The number of pyridine rings is 1. The highest BCUT2D eigenvalue weighted by atomic mass is 32.2. The number of halogens is 2. The summed E-state index contributed by atoms with van der Waals surface area (Å²) in [7, 11) is -1.97. The summed E-state index contributed by atoms with van der Waals surface area (Å²) in [6, 6.07) is 0. The van der Waals surface area contributed by atoms with Crippen molar-refractivity contribution in [1.29, 1.82) is 0 Å². The molecule has 0 bridgehead atoms. The zero-order valence-corrected chi connectivity index (χ0v) is 11.3. The van der Waals surface area contributed by atoms with Crippen molar-refractivity contribution in [3.8, 4) is 0 Å². The summed E-state index contributed by atoms with van der Waals surface area (Å²) < 4.78 is 52.4. The van der Waals surface area contributed by atoms with E-state index in [1.807, 2.05) is 0 Å². The SMILES string of the molecule is CNS(=O)(=O)C1CCN(Cc2c(F)cncc2F)C1. The van der Waals surface area contributed by atoms with Crippen LogP contribution in [0.25, 0.3) is 0 Å². The number of nitrogens with zero attached hydrogens (tertiary/aromatic N) is 2. The van der Waals surface area contributed by atoms with Crippen LogP contribution >= 0.6 is 0 Å². The van der Waals surface area contributed by atoms with Crippen LogP contribution in [0.5, 0.6) is 0 Å². The lowest BCUT2D eigenvalue weighted by Crippen LogP contribution is -2.34. The van der Waals surface area contributed by atoms with Gasteiger partial charge in [-0.25, -0.2) is 21.9 Å². The van der Waals surface area contributed by atoms with E-state index in [4.69, 9.17) is 0 Å². The quantitative estimate of drug-likeness (QED) is 0.876. The van der Waals surface area contributed by atoms with Crippen LogP contribution in [-0.4, -0.2) is 43.7 Å². The standard InChI is InChI=1S/C11H15F2N3O2S/c1-14-19(17,18)8-2-3-16(6-8)7-9-10(12)4-15-5-11(9)13/h4-5,8,14H,2-3,6-7H2,1H3. The fourth-order valence-corrected chi connectivity index (χ4v) is 3.33. The van der Waals surface area contributed by atoms with Crippen molar-refractivity contribution >= 4 is 10.0 Å². The van der Waals surface area contributed by atoms with E-state index in [0.29, 0.717) is 13.0 Å². The molecule has 1 aliphatic heterocycles. The Labute approximate surface area is 110 Å². The normalized spacial score (nSPS) is 20.9. The van der Waals surface area contributed by atoms with E-state index in [1.54, 1.807) is 4.90 Å². The Morgan fingerprint density at radius 1 is 1.42 bits per heavy atom. The first-order valence-corrected chi connectivity index (χ1v) is 7.41. The maximum Gasteiger partial charge on any atom is 0.215 e. The van der Waals surface area contributed by atoms with Gasteiger partial charge in [0.15, 0.2) is 0 Å². The second-order valence-electron chi connectivity index (χ2n) is 4.48. The first-order valence-electron chi connectivity index (χ1n) is 5.86. The molecule has 8 heteroatoms. The first kappa shape index (κ1) is 14.3. The Morgan fingerprint density at radius 3 is 2.63 bits per heavy atom. The Balaban J connectivity index is 2.07. The molecule has 1 atom stereocenters. The molecule has 1 unspecified atom stereocenters. The van der Waals surface area contributed by atoms with Crippen molar-refractivity contribution in [2.24, 2.45) is 0 Å². The van der Waals surface area contributed by atoms with Gasteiger partial charge in [0, 0.05) is 18.7 Å². The van der Waals surface area contributed by atoms with Gasteiger partial charge < -0.3 is 0 Å². The molecule has 1 saturated heterocycles. The summed E-state index contributed by atoms with van der Waals surface area (Å²) in [5.74, 6) is -1.42. The number of nitrogens with one attached hydrogen (secondary N) is 1. The van der Waals surface area contributed by atoms with Gasteiger partial charge >= 0.3 is 0 Å². The fraction of sp³-hybridized carbons (Fsp3) is 0.545. The molecule has 1 aromatic heterocycles. The summed E-state index contributed by atoms with van der Waals surface area (Å²) in [6.45, 7) is 0.813. The maximum atomic E-state index is 13.4. The number of likely N-dealkylation sites (tertiary alicyclic amines) is 1. The van der Waals surface area contributed by atoms with E-state index in [9.17, 15) is 17.2 Å². The van der Waals surface area contributed by atoms with Crippen LogP contribution in [0.3, 0.4) is 0 Å². The second-order valence-corrected chi connectivity index (χ2v) is 6.64. The van der Waals surface area contributed by atoms with Gasteiger partial charge in [0.1, 0.15) is 11.6 Å². The molecule has 19 heavy (non-hydrogen) atoms. The van der Waals surface area contributed by atoms with E-state index >= 15 is 0 Å². The van der Waals surface area contributed by atoms with Gasteiger partial charge in [-0.2, -0.15) is 0 Å². The number of rotatable bonds is 4. The molecule has 0 saturated carbocycles. The minimum absolute atomic E-state index is 0.0515. The van der Waals surface area contributed by atoms with Crippen molar-refractivity contribution in [3.05, 3.63) is 29.6 Å². The summed E-state index contributed by atoms with van der Waals surface area (Å²) in [5, 5.41) is -0.537. The molecule has 0 aromatic carbocycles. The Bertz CT molecular complexity index is 545. The van der Waals surface area contributed by atoms with Crippen LogP contribution in [0, 0.1) is 11.6 Å². The van der Waals surface area contributed by atoms with Crippen molar-refractivity contribution in [2.75, 3.05) is 20.1 Å². The van der Waals surface area contributed by atoms with Crippen molar-refractivity contribution in [2.45, 2.75) is 18.2 Å². The average molecular weight is 291 g/mol. The monoisotopic (exact) mass is 291 g/mol. The summed E-state index contributed by atoms with van der Waals surface area (Å²) in [6.07, 6.45) is 2.37. The fourth-order valence-electron chi connectivity index (χ4n) is 2.17. The van der Waals surface area contributed by atoms with E-state index < -0.39 is 26.9 Å². The molecule has 1 aliphatic rings. The minimum atomic E-state index is -3.33. The second kappa shape index (κ2) is 5.48. The smallest absolute Gasteiger partial charge is 0.215 e. The number of aromatic nitrogens is 1. The van der Waals surface area contributed by atoms with Gasteiger partial charge in [-0.1, -0.05) is 0 Å². The third kappa shape index (κ3) is 3.07. The lowest BCUT2D eigenvalue weighted by atomic mass is 10.2. The third-order valence-electron chi connectivity index (χ3n) is 3.29. The predicted molar refractivity (Wildman–Crippen MR) is 65.8 cm³/mol. The van der Waals surface area contributed by atoms with Gasteiger partial charge in [-0.05, 0) is 20.0 Å². The molecular formula is C11H15F2N3O2S. The first-order chi connectivity index (χ1) is 8.94. The molecule has 0 aliphatic carbocycles. The lowest BCUT2D eigenvalue weighted by molar-refractivity contribution is 0.317. The van der Waals surface area contributed by atoms with Crippen LogP contribution in [0.4, 0.5) is 8.78 Å². The van der Waals surface area contributed by atoms with Crippen LogP contribution in [0.15, 0.2) is 12.4 Å². The predicted octanol–water partition coefficient (Wildman–Crippen LogP) is 0.483. The minimum Gasteiger partial charge on any atom is -0.297 e. The van der Waals surface area contributed by atoms with Crippen molar-refractivity contribution < 1.29 is 17.2 Å². The highest BCUT2D eigenvalue weighted by molar-refractivity contribution is 7.90. The Kier molecular flexibility index (Phi) is 4.12. The van der Waals surface area contributed by atoms with Gasteiger partial charge in [-0.15, -0.1) is 0 Å². The highest BCUT2D eigenvalue weighted by Gasteiger charge is 2.32. The molecule has 0 spiro atoms. The van der Waals surface area contributed by atoms with Crippen LogP contribution < -0.4 is 4.72 Å². The Morgan fingerprint density at radius 2 is 2.05 bits per heavy atom. The molecule has 2 heterocycles. The van der Waals surface area contributed by atoms with Crippen LogP contribution in [0.1, 0.15) is 12.0 Å². The van der Waals surface area contributed by atoms with E-state index in [2.05, 4.69) is 9.71 Å². The zero-order valence-electron chi connectivity index (χ0n) is 10.4. The zero-order chi connectivity index (χ0) is 14.0. The molecule has 106 valence electrons. The molecule has 0 radical (unpaired) electrons. The van der Waals surface area contributed by atoms with E-state index in [0.717, 1.165) is 12.4 Å². The molecule has 0 amide bonds. The number of hydrogen-bond donors (Lipinski definition) is 1. The topological polar surface area (TPSA) is 62.3 Å². The molecule has 1 fully saturated rings. The third-order valence-corrected chi connectivity index (χ3v) is 5.12. The maximum absolute atomic E-state index is 13.4. The van der Waals surface area contributed by atoms with E-state index in [-0.39, 0.29) is 18.7 Å². The summed E-state index contributed by atoms with van der Waals surface area (Å²) in [5.41, 5.74) is -0.0718. The van der Waals surface area contributed by atoms with Crippen molar-refractivity contribution in [1.82, 2.24) is 14.6 Å². The summed E-state index contributed by atoms with van der Waals surface area (Å²) >= 11 is 0. The van der Waals surface area contributed by atoms with Crippen molar-refractivity contribution in [3.63, 3.8) is 0 Å². The lowest BCUT2D eigenvalue weighted by Gasteiger charge is -2.16. The number of hydrogen-bond acceptors (Lipinski definition) is 4. The highest BCUT2D eigenvalue weighted by Crippen LogP contribution is 2.20. The largest absolute Gasteiger partial charge is 0.297 e. The summed E-state index contributed by atoms with van der Waals surface area (Å²) in [4.78, 5) is 5.14. The molecule has 1 N–H and O–H groups in total. The molecule has 1 aromatic rings. The molecule has 5 nitrogen and oxygen atoms in total. The van der Waals surface area contributed by atoms with Gasteiger partial charge in [0.05, 0.1) is 17.6 Å². The van der Waals surface area contributed by atoms with E-state index in [1.165, 1.54) is 7.05 Å². The van der Waals surface area contributed by atoms with Gasteiger partial charge in [0.25, 0.3) is 0 Å². The average Bonchev–Trinajstić information content (AvgIpc) is 2.83. The Hall–Kier alpha value is -1.12. The molecule has 2 rings (SSSR count). The number of sulfonamides is 1. The van der Waals surface area contributed by atoms with Gasteiger partial charge in [-0.3, -0.25) is 9.88 Å². The van der Waals surface area contributed by atoms with Gasteiger partial charge in [0.2, 0.25) is 10.0 Å². The van der Waals surface area contributed by atoms with Crippen LogP contribution in [-0.2, 0) is 16.6 Å².